The number of amides is 1. The molecule has 1 saturated heterocycles. The summed E-state index contributed by atoms with van der Waals surface area (Å²) in [7, 11) is 0. The summed E-state index contributed by atoms with van der Waals surface area (Å²) in [5.41, 5.74) is 4.35. The summed E-state index contributed by atoms with van der Waals surface area (Å²) in [5.74, 6) is 0.734. The van der Waals surface area contributed by atoms with Crippen LogP contribution in [0.25, 0.3) is 0 Å². The molecule has 19 heavy (non-hydrogen) atoms. The Morgan fingerprint density at radius 2 is 1.95 bits per heavy atom. The first-order valence-corrected chi connectivity index (χ1v) is 6.69. The predicted octanol–water partition coefficient (Wildman–Crippen LogP) is 1.04. The molecule has 0 aliphatic carbocycles. The van der Waals surface area contributed by atoms with E-state index in [9.17, 15) is 4.79 Å². The Kier molecular flexibility index (Phi) is 3.06. The van der Waals surface area contributed by atoms with Gasteiger partial charge in [-0.3, -0.25) is 4.79 Å². The van der Waals surface area contributed by atoms with E-state index in [4.69, 9.17) is 4.74 Å². The molecule has 0 spiro atoms. The first-order chi connectivity index (χ1) is 9.16. The highest BCUT2D eigenvalue weighted by Gasteiger charge is 2.23. The van der Waals surface area contributed by atoms with E-state index in [-0.39, 0.29) is 12.5 Å². The topological polar surface area (TPSA) is 53.6 Å². The van der Waals surface area contributed by atoms with E-state index in [2.05, 4.69) is 29.4 Å². The van der Waals surface area contributed by atoms with Crippen LogP contribution < -0.4 is 20.3 Å². The maximum absolute atomic E-state index is 11.4. The number of ether oxygens (including phenoxy) is 1. The van der Waals surface area contributed by atoms with Crippen molar-refractivity contribution in [3.63, 3.8) is 0 Å². The van der Waals surface area contributed by atoms with Gasteiger partial charge in [-0.15, -0.1) is 0 Å². The Bertz CT molecular complexity index is 522. The lowest BCUT2D eigenvalue weighted by Gasteiger charge is -2.33. The standard InChI is InChI=1S/C14H19N3O2/c1-9-10(2)14-11(16-13(18)8-19-14)7-12(9)17-5-3-15-4-6-17/h7,15H,3-6,8H2,1-2H3,(H,16,18). The summed E-state index contributed by atoms with van der Waals surface area (Å²) in [6, 6.07) is 2.04. The van der Waals surface area contributed by atoms with Crippen LogP contribution in [0, 0.1) is 13.8 Å². The Morgan fingerprint density at radius 1 is 1.21 bits per heavy atom. The molecule has 1 aromatic rings. The SMILES string of the molecule is Cc1c(N2CCNCC2)cc2c(c1C)OCC(=O)N2. The van der Waals surface area contributed by atoms with E-state index in [0.29, 0.717) is 0 Å². The fourth-order valence-electron chi connectivity index (χ4n) is 2.71. The summed E-state index contributed by atoms with van der Waals surface area (Å²) in [6.07, 6.45) is 0. The van der Waals surface area contributed by atoms with Gasteiger partial charge in [0.15, 0.2) is 6.61 Å². The van der Waals surface area contributed by atoms with Gasteiger partial charge in [0.25, 0.3) is 5.91 Å². The second-order valence-corrected chi connectivity index (χ2v) is 5.10. The molecule has 1 fully saturated rings. The van der Waals surface area contributed by atoms with Crippen molar-refractivity contribution in [3.8, 4) is 5.75 Å². The van der Waals surface area contributed by atoms with Gasteiger partial charge in [0.1, 0.15) is 5.75 Å². The van der Waals surface area contributed by atoms with Crippen LogP contribution in [0.4, 0.5) is 11.4 Å². The summed E-state index contributed by atoms with van der Waals surface area (Å²) in [6.45, 7) is 8.27. The second-order valence-electron chi connectivity index (χ2n) is 5.10. The number of piperazine rings is 1. The molecule has 2 aliphatic rings. The molecule has 5 nitrogen and oxygen atoms in total. The van der Waals surface area contributed by atoms with Gasteiger partial charge in [0.05, 0.1) is 5.69 Å². The zero-order valence-electron chi connectivity index (χ0n) is 11.4. The van der Waals surface area contributed by atoms with E-state index in [0.717, 1.165) is 43.2 Å². The van der Waals surface area contributed by atoms with Gasteiger partial charge in [-0.05, 0) is 31.0 Å². The first kappa shape index (κ1) is 12.3. The van der Waals surface area contributed by atoms with Crippen molar-refractivity contribution >= 4 is 17.3 Å². The third-order valence-corrected chi connectivity index (χ3v) is 3.89. The fraction of sp³-hybridized carbons (Fsp3) is 0.500. The maximum Gasteiger partial charge on any atom is 0.262 e. The van der Waals surface area contributed by atoms with E-state index in [1.165, 1.54) is 11.3 Å². The Balaban J connectivity index is 2.02. The molecule has 0 unspecified atom stereocenters. The molecule has 0 radical (unpaired) electrons. The van der Waals surface area contributed by atoms with Gasteiger partial charge in [-0.25, -0.2) is 0 Å². The third-order valence-electron chi connectivity index (χ3n) is 3.89. The quantitative estimate of drug-likeness (QED) is 0.793. The number of nitrogens with zero attached hydrogens (tertiary/aromatic N) is 1. The van der Waals surface area contributed by atoms with Crippen molar-refractivity contribution in [1.82, 2.24) is 5.32 Å². The van der Waals surface area contributed by atoms with Crippen molar-refractivity contribution < 1.29 is 9.53 Å². The lowest BCUT2D eigenvalue weighted by atomic mass is 10.0. The maximum atomic E-state index is 11.4. The van der Waals surface area contributed by atoms with Crippen molar-refractivity contribution in [2.45, 2.75) is 13.8 Å². The van der Waals surface area contributed by atoms with Gasteiger partial charge in [-0.2, -0.15) is 0 Å². The Labute approximate surface area is 112 Å². The molecular formula is C14H19N3O2. The number of anilines is 2. The molecule has 0 atom stereocenters. The van der Waals surface area contributed by atoms with E-state index in [1.807, 2.05) is 6.07 Å². The molecule has 3 rings (SSSR count). The highest BCUT2D eigenvalue weighted by Crippen LogP contribution is 2.39. The molecule has 1 aromatic carbocycles. The van der Waals surface area contributed by atoms with Crippen molar-refractivity contribution in [1.29, 1.82) is 0 Å². The van der Waals surface area contributed by atoms with Gasteiger partial charge in [-0.1, -0.05) is 0 Å². The molecule has 2 heterocycles. The van der Waals surface area contributed by atoms with Crippen LogP contribution in [-0.4, -0.2) is 38.7 Å². The summed E-state index contributed by atoms with van der Waals surface area (Å²) in [4.78, 5) is 13.8. The molecule has 102 valence electrons. The molecule has 0 bridgehead atoms. The summed E-state index contributed by atoms with van der Waals surface area (Å²) in [5, 5.41) is 6.25. The minimum Gasteiger partial charge on any atom is -0.481 e. The van der Waals surface area contributed by atoms with Crippen molar-refractivity contribution in [2.24, 2.45) is 0 Å². The second kappa shape index (κ2) is 4.74. The minimum absolute atomic E-state index is 0.0815. The van der Waals surface area contributed by atoms with Crippen molar-refractivity contribution in [3.05, 3.63) is 17.2 Å². The van der Waals surface area contributed by atoms with Crippen LogP contribution in [0.3, 0.4) is 0 Å². The molecule has 1 amide bonds. The van der Waals surface area contributed by atoms with Crippen LogP contribution in [-0.2, 0) is 4.79 Å². The zero-order chi connectivity index (χ0) is 13.4. The number of fused-ring (bicyclic) bond motifs is 1. The zero-order valence-corrected chi connectivity index (χ0v) is 11.4. The van der Waals surface area contributed by atoms with Gasteiger partial charge < -0.3 is 20.3 Å². The number of carbonyl (C=O) groups is 1. The minimum atomic E-state index is -0.0815. The van der Waals surface area contributed by atoms with Crippen LogP contribution in [0.2, 0.25) is 0 Å². The van der Waals surface area contributed by atoms with E-state index in [1.54, 1.807) is 0 Å². The molecule has 2 N–H and O–H groups in total. The highest BCUT2D eigenvalue weighted by molar-refractivity contribution is 5.96. The number of benzene rings is 1. The number of nitrogens with one attached hydrogen (secondary N) is 2. The molecule has 5 heteroatoms. The number of hydrogen-bond donors (Lipinski definition) is 2. The van der Waals surface area contributed by atoms with Gasteiger partial charge in [0.2, 0.25) is 0 Å². The van der Waals surface area contributed by atoms with E-state index < -0.39 is 0 Å². The fourth-order valence-corrected chi connectivity index (χ4v) is 2.71. The molecular weight excluding hydrogens is 242 g/mol. The number of rotatable bonds is 1. The molecule has 0 saturated carbocycles. The first-order valence-electron chi connectivity index (χ1n) is 6.69. The summed E-state index contributed by atoms with van der Waals surface area (Å²) < 4.78 is 5.55. The number of hydrogen-bond acceptors (Lipinski definition) is 4. The normalized spacial score (nSPS) is 18.6. The van der Waals surface area contributed by atoms with Crippen LogP contribution >= 0.6 is 0 Å². The van der Waals surface area contributed by atoms with Crippen molar-refractivity contribution in [2.75, 3.05) is 43.0 Å². The Hall–Kier alpha value is -1.75. The van der Waals surface area contributed by atoms with Gasteiger partial charge >= 0.3 is 0 Å². The highest BCUT2D eigenvalue weighted by atomic mass is 16.5. The lowest BCUT2D eigenvalue weighted by Crippen LogP contribution is -2.44. The average molecular weight is 261 g/mol. The predicted molar refractivity (Wildman–Crippen MR) is 75.1 cm³/mol. The Morgan fingerprint density at radius 3 is 2.68 bits per heavy atom. The van der Waals surface area contributed by atoms with Crippen LogP contribution in [0.5, 0.6) is 5.75 Å². The average Bonchev–Trinajstić information content (AvgIpc) is 2.43. The van der Waals surface area contributed by atoms with Crippen LogP contribution in [0.1, 0.15) is 11.1 Å². The lowest BCUT2D eigenvalue weighted by molar-refractivity contribution is -0.118. The monoisotopic (exact) mass is 261 g/mol. The third kappa shape index (κ3) is 2.14. The van der Waals surface area contributed by atoms with Crippen LogP contribution in [0.15, 0.2) is 6.07 Å². The summed E-state index contributed by atoms with van der Waals surface area (Å²) >= 11 is 0. The molecule has 2 aliphatic heterocycles. The largest absolute Gasteiger partial charge is 0.481 e. The van der Waals surface area contributed by atoms with Gasteiger partial charge in [0, 0.05) is 31.9 Å². The smallest absolute Gasteiger partial charge is 0.262 e. The van der Waals surface area contributed by atoms with E-state index >= 15 is 0 Å². The number of carbonyl (C=O) groups excluding carboxylic acids is 1. The molecule has 0 aromatic heterocycles.